The van der Waals surface area contributed by atoms with Crippen LogP contribution >= 0.6 is 11.6 Å². The number of hydrogen-bond donors (Lipinski definition) is 2. The zero-order valence-corrected chi connectivity index (χ0v) is 16.6. The first kappa shape index (κ1) is 22.0. The summed E-state index contributed by atoms with van der Waals surface area (Å²) in [6.07, 6.45) is -3.83. The summed E-state index contributed by atoms with van der Waals surface area (Å²) in [5, 5.41) is 14.6. The van der Waals surface area contributed by atoms with E-state index in [2.05, 4.69) is 35.9 Å². The maximum absolute atomic E-state index is 12.8. The lowest BCUT2D eigenvalue weighted by atomic mass is 10.1. The van der Waals surface area contributed by atoms with E-state index in [9.17, 15) is 22.8 Å². The van der Waals surface area contributed by atoms with Crippen LogP contribution in [0.4, 0.5) is 24.8 Å². The second-order valence-electron chi connectivity index (χ2n) is 6.07. The molecule has 0 saturated heterocycles. The van der Waals surface area contributed by atoms with E-state index in [4.69, 9.17) is 11.6 Å². The minimum absolute atomic E-state index is 0.0343. The Morgan fingerprint density at radius 1 is 1.13 bits per heavy atom. The van der Waals surface area contributed by atoms with Crippen molar-refractivity contribution in [3.63, 3.8) is 0 Å². The molecule has 0 bridgehead atoms. The molecular weight excluding hydrogens is 443 g/mol. The van der Waals surface area contributed by atoms with Crippen molar-refractivity contribution in [2.75, 3.05) is 10.6 Å². The number of anilines is 2. The van der Waals surface area contributed by atoms with Gasteiger partial charge in [-0.05, 0) is 41.6 Å². The number of rotatable bonds is 5. The quantitative estimate of drug-likeness (QED) is 0.606. The first-order valence-corrected chi connectivity index (χ1v) is 8.79. The van der Waals surface area contributed by atoms with E-state index in [0.717, 1.165) is 16.8 Å². The summed E-state index contributed by atoms with van der Waals surface area (Å²) in [5.41, 5.74) is -0.114. The molecule has 0 fully saturated rings. The average Bonchev–Trinajstić information content (AvgIpc) is 3.08. The second kappa shape index (κ2) is 8.55. The molecule has 3 aromatic rings. The van der Waals surface area contributed by atoms with Crippen LogP contribution in [0.5, 0.6) is 5.75 Å². The topological polar surface area (TPSA) is 124 Å². The number of pyridine rings is 1. The Morgan fingerprint density at radius 3 is 2.45 bits per heavy atom. The summed E-state index contributed by atoms with van der Waals surface area (Å²) in [6, 6.07) is 4.83. The van der Waals surface area contributed by atoms with Gasteiger partial charge in [0.25, 0.3) is 11.8 Å². The third-order valence-corrected chi connectivity index (χ3v) is 4.22. The number of nitrogens with one attached hydrogen (secondary N) is 2. The van der Waals surface area contributed by atoms with Crippen molar-refractivity contribution in [3.05, 3.63) is 52.3 Å². The molecule has 2 N–H and O–H groups in total. The highest BCUT2D eigenvalue weighted by atomic mass is 35.5. The zero-order valence-electron chi connectivity index (χ0n) is 15.9. The number of tetrazole rings is 1. The van der Waals surface area contributed by atoms with E-state index >= 15 is 0 Å². The highest BCUT2D eigenvalue weighted by Crippen LogP contribution is 2.38. The Hall–Kier alpha value is -3.74. The molecule has 0 saturated carbocycles. The molecular formula is C17H13ClF3N7O3. The van der Waals surface area contributed by atoms with Crippen molar-refractivity contribution < 1.29 is 27.5 Å². The Labute approximate surface area is 177 Å². The van der Waals surface area contributed by atoms with Gasteiger partial charge >= 0.3 is 6.36 Å². The van der Waals surface area contributed by atoms with Crippen LogP contribution < -0.4 is 15.4 Å². The van der Waals surface area contributed by atoms with Gasteiger partial charge in [0.05, 0.1) is 16.1 Å². The summed E-state index contributed by atoms with van der Waals surface area (Å²) in [4.78, 5) is 29.0. The third-order valence-electron chi connectivity index (χ3n) is 3.83. The average molecular weight is 456 g/mol. The van der Waals surface area contributed by atoms with Crippen molar-refractivity contribution in [1.82, 2.24) is 25.2 Å². The van der Waals surface area contributed by atoms with Crippen LogP contribution in [0.15, 0.2) is 30.5 Å². The fourth-order valence-corrected chi connectivity index (χ4v) is 2.64. The number of carbonyl (C=O) groups is 2. The number of ether oxygens (including phenoxy) is 1. The van der Waals surface area contributed by atoms with Gasteiger partial charge < -0.3 is 10.1 Å². The molecule has 0 unspecified atom stereocenters. The number of aromatic nitrogens is 5. The molecule has 3 rings (SSSR count). The predicted octanol–water partition coefficient (Wildman–Crippen LogP) is 2.97. The number of nitrogens with zero attached hydrogens (tertiary/aromatic N) is 5. The van der Waals surface area contributed by atoms with E-state index in [1.54, 1.807) is 13.0 Å². The van der Waals surface area contributed by atoms with E-state index in [0.29, 0.717) is 5.69 Å². The lowest BCUT2D eigenvalue weighted by Gasteiger charge is -2.17. The van der Waals surface area contributed by atoms with Crippen molar-refractivity contribution in [2.45, 2.75) is 13.3 Å². The maximum atomic E-state index is 12.8. The molecule has 2 aromatic heterocycles. The third kappa shape index (κ3) is 5.25. The van der Waals surface area contributed by atoms with Gasteiger partial charge in [0.15, 0.2) is 5.75 Å². The zero-order chi connectivity index (χ0) is 22.8. The van der Waals surface area contributed by atoms with Gasteiger partial charge in [0.1, 0.15) is 5.69 Å². The van der Waals surface area contributed by atoms with E-state index in [-0.39, 0.29) is 17.1 Å². The van der Waals surface area contributed by atoms with Crippen LogP contribution in [-0.2, 0) is 7.05 Å². The van der Waals surface area contributed by atoms with Gasteiger partial charge in [-0.1, -0.05) is 16.7 Å². The molecule has 14 heteroatoms. The van der Waals surface area contributed by atoms with E-state index < -0.39 is 34.6 Å². The van der Waals surface area contributed by atoms with Gasteiger partial charge in [0, 0.05) is 18.9 Å². The maximum Gasteiger partial charge on any atom is 0.573 e. The van der Waals surface area contributed by atoms with Gasteiger partial charge in [-0.25, -0.2) is 4.68 Å². The largest absolute Gasteiger partial charge is 0.573 e. The van der Waals surface area contributed by atoms with Crippen molar-refractivity contribution in [1.29, 1.82) is 0 Å². The van der Waals surface area contributed by atoms with Crippen molar-refractivity contribution in [3.8, 4) is 5.75 Å². The van der Waals surface area contributed by atoms with E-state index in [1.165, 1.54) is 19.3 Å². The van der Waals surface area contributed by atoms with Crippen molar-refractivity contribution >= 4 is 35.1 Å². The molecule has 162 valence electrons. The SMILES string of the molecule is Cc1ccc(C(=O)Nc2c(OC(F)(F)F)ccc(C(=O)Nc3nnnn3C)c2Cl)cn1. The monoisotopic (exact) mass is 455 g/mol. The highest BCUT2D eigenvalue weighted by molar-refractivity contribution is 6.38. The molecule has 1 aromatic carbocycles. The lowest BCUT2D eigenvalue weighted by molar-refractivity contribution is -0.274. The molecule has 31 heavy (non-hydrogen) atoms. The smallest absolute Gasteiger partial charge is 0.404 e. The Balaban J connectivity index is 1.97. The number of benzene rings is 1. The van der Waals surface area contributed by atoms with Crippen LogP contribution in [0, 0.1) is 6.92 Å². The van der Waals surface area contributed by atoms with Crippen molar-refractivity contribution in [2.24, 2.45) is 7.05 Å². The Kier molecular flexibility index (Phi) is 6.06. The standard InChI is InChI=1S/C17H13ClF3N7O3/c1-8-3-4-9(7-22-8)14(29)23-13-11(31-17(19,20)21)6-5-10(12(13)18)15(30)24-16-25-26-27-28(16)2/h3-7H,1-2H3,(H,23,29)(H,24,25,27,30). The first-order chi connectivity index (χ1) is 14.5. The number of aryl methyl sites for hydroxylation is 2. The van der Waals surface area contributed by atoms with Crippen LogP contribution in [0.2, 0.25) is 5.02 Å². The molecule has 0 radical (unpaired) electrons. The molecule has 0 aliphatic carbocycles. The lowest BCUT2D eigenvalue weighted by Crippen LogP contribution is -2.21. The predicted molar refractivity (Wildman–Crippen MR) is 102 cm³/mol. The normalized spacial score (nSPS) is 11.2. The number of hydrogen-bond acceptors (Lipinski definition) is 7. The number of carbonyl (C=O) groups excluding carboxylic acids is 2. The molecule has 0 atom stereocenters. The number of amides is 2. The van der Waals surface area contributed by atoms with E-state index in [1.807, 2.05) is 0 Å². The summed E-state index contributed by atoms with van der Waals surface area (Å²) < 4.78 is 43.6. The molecule has 10 nitrogen and oxygen atoms in total. The van der Waals surface area contributed by atoms with Crippen LogP contribution in [-0.4, -0.2) is 43.4 Å². The molecule has 2 amide bonds. The summed E-state index contributed by atoms with van der Waals surface area (Å²) in [7, 11) is 1.46. The molecule has 0 spiro atoms. The summed E-state index contributed by atoms with van der Waals surface area (Å²) in [5.74, 6) is -2.47. The Morgan fingerprint density at radius 2 is 1.87 bits per heavy atom. The molecule has 0 aliphatic heterocycles. The van der Waals surface area contributed by atoms with Crippen LogP contribution in [0.3, 0.4) is 0 Å². The van der Waals surface area contributed by atoms with Gasteiger partial charge in [-0.15, -0.1) is 13.2 Å². The highest BCUT2D eigenvalue weighted by Gasteiger charge is 2.34. The number of alkyl halides is 3. The van der Waals surface area contributed by atoms with Gasteiger partial charge in [0.2, 0.25) is 5.95 Å². The Bertz CT molecular complexity index is 1130. The molecule has 2 heterocycles. The van der Waals surface area contributed by atoms with Gasteiger partial charge in [-0.3, -0.25) is 19.9 Å². The molecule has 0 aliphatic rings. The van der Waals surface area contributed by atoms with Crippen LogP contribution in [0.25, 0.3) is 0 Å². The fourth-order valence-electron chi connectivity index (χ4n) is 2.35. The minimum atomic E-state index is -5.07. The van der Waals surface area contributed by atoms with Gasteiger partial charge in [-0.2, -0.15) is 0 Å². The summed E-state index contributed by atoms with van der Waals surface area (Å²) >= 11 is 6.18. The van der Waals surface area contributed by atoms with Crippen LogP contribution in [0.1, 0.15) is 26.4 Å². The minimum Gasteiger partial charge on any atom is -0.404 e. The first-order valence-electron chi connectivity index (χ1n) is 8.41. The summed E-state index contributed by atoms with van der Waals surface area (Å²) in [6.45, 7) is 1.70. The number of halogens is 4. The fraction of sp³-hybridized carbons (Fsp3) is 0.176. The second-order valence-corrected chi connectivity index (χ2v) is 6.45.